The summed E-state index contributed by atoms with van der Waals surface area (Å²) in [6.07, 6.45) is 1.94. The Morgan fingerprint density at radius 2 is 1.95 bits per heavy atom. The molecule has 0 bridgehead atoms. The molecule has 0 heterocycles. The van der Waals surface area contributed by atoms with Crippen molar-refractivity contribution in [2.75, 3.05) is 31.6 Å². The van der Waals surface area contributed by atoms with Crippen molar-refractivity contribution in [3.8, 4) is 0 Å². The van der Waals surface area contributed by atoms with Crippen LogP contribution in [0.1, 0.15) is 32.3 Å². The summed E-state index contributed by atoms with van der Waals surface area (Å²) in [4.78, 5) is 13.6. The quantitative estimate of drug-likeness (QED) is 0.687. The molecule has 118 valence electrons. The fourth-order valence-corrected chi connectivity index (χ4v) is 2.09. The SMILES string of the molecule is CCCNCc1cc(F)ccc1N(C)CC(=O)NCCC. The molecule has 1 aromatic carbocycles. The summed E-state index contributed by atoms with van der Waals surface area (Å²) in [6, 6.07) is 4.68. The largest absolute Gasteiger partial charge is 0.365 e. The number of nitrogens with one attached hydrogen (secondary N) is 2. The summed E-state index contributed by atoms with van der Waals surface area (Å²) >= 11 is 0. The normalized spacial score (nSPS) is 10.5. The van der Waals surface area contributed by atoms with Crippen molar-refractivity contribution in [1.82, 2.24) is 10.6 Å². The van der Waals surface area contributed by atoms with Crippen LogP contribution >= 0.6 is 0 Å². The fourth-order valence-electron chi connectivity index (χ4n) is 2.09. The first-order valence-corrected chi connectivity index (χ1v) is 7.55. The molecule has 0 aliphatic heterocycles. The smallest absolute Gasteiger partial charge is 0.239 e. The third-order valence-corrected chi connectivity index (χ3v) is 3.15. The van der Waals surface area contributed by atoms with Crippen LogP contribution in [0.5, 0.6) is 0 Å². The number of likely N-dealkylation sites (N-methyl/N-ethyl adjacent to an activating group) is 1. The Hall–Kier alpha value is -1.62. The van der Waals surface area contributed by atoms with E-state index in [9.17, 15) is 9.18 Å². The van der Waals surface area contributed by atoms with E-state index in [0.717, 1.165) is 30.6 Å². The van der Waals surface area contributed by atoms with Crippen LogP contribution in [0.15, 0.2) is 18.2 Å². The molecule has 0 saturated carbocycles. The summed E-state index contributed by atoms with van der Waals surface area (Å²) in [5, 5.41) is 6.11. The first-order chi connectivity index (χ1) is 10.1. The number of amides is 1. The van der Waals surface area contributed by atoms with Gasteiger partial charge in [-0.05, 0) is 43.1 Å². The van der Waals surface area contributed by atoms with Crippen LogP contribution in [0.2, 0.25) is 0 Å². The van der Waals surface area contributed by atoms with Gasteiger partial charge in [-0.1, -0.05) is 13.8 Å². The summed E-state index contributed by atoms with van der Waals surface area (Å²) < 4.78 is 13.4. The van der Waals surface area contributed by atoms with Gasteiger partial charge in [0, 0.05) is 25.8 Å². The molecular weight excluding hydrogens is 269 g/mol. The van der Waals surface area contributed by atoms with Gasteiger partial charge in [0.1, 0.15) is 5.82 Å². The van der Waals surface area contributed by atoms with Gasteiger partial charge in [-0.25, -0.2) is 4.39 Å². The van der Waals surface area contributed by atoms with Crippen LogP contribution in [0, 0.1) is 5.82 Å². The molecule has 0 unspecified atom stereocenters. The van der Waals surface area contributed by atoms with Gasteiger partial charge in [0.25, 0.3) is 0 Å². The number of hydrogen-bond acceptors (Lipinski definition) is 3. The predicted octanol–water partition coefficient (Wildman–Crippen LogP) is 2.29. The lowest BCUT2D eigenvalue weighted by Gasteiger charge is -2.22. The monoisotopic (exact) mass is 295 g/mol. The first kappa shape index (κ1) is 17.4. The highest BCUT2D eigenvalue weighted by molar-refractivity contribution is 5.81. The average Bonchev–Trinajstić information content (AvgIpc) is 2.45. The summed E-state index contributed by atoms with van der Waals surface area (Å²) in [6.45, 7) is 6.54. The van der Waals surface area contributed by atoms with E-state index in [0.29, 0.717) is 13.1 Å². The van der Waals surface area contributed by atoms with Crippen LogP contribution < -0.4 is 15.5 Å². The molecule has 5 heteroatoms. The molecule has 1 rings (SSSR count). The van der Waals surface area contributed by atoms with E-state index in [1.165, 1.54) is 12.1 Å². The Balaban J connectivity index is 2.72. The van der Waals surface area contributed by atoms with E-state index in [1.54, 1.807) is 6.07 Å². The highest BCUT2D eigenvalue weighted by Gasteiger charge is 2.11. The number of rotatable bonds is 9. The fraction of sp³-hybridized carbons (Fsp3) is 0.562. The van der Waals surface area contributed by atoms with E-state index in [-0.39, 0.29) is 18.3 Å². The molecule has 0 aromatic heterocycles. The average molecular weight is 295 g/mol. The lowest BCUT2D eigenvalue weighted by atomic mass is 10.1. The molecule has 1 amide bonds. The highest BCUT2D eigenvalue weighted by Crippen LogP contribution is 2.20. The van der Waals surface area contributed by atoms with Crippen molar-refractivity contribution in [3.63, 3.8) is 0 Å². The number of halogens is 1. The van der Waals surface area contributed by atoms with Gasteiger partial charge in [-0.3, -0.25) is 4.79 Å². The zero-order valence-corrected chi connectivity index (χ0v) is 13.2. The van der Waals surface area contributed by atoms with Crippen LogP contribution in [0.4, 0.5) is 10.1 Å². The second kappa shape index (κ2) is 9.34. The predicted molar refractivity (Wildman–Crippen MR) is 85.0 cm³/mol. The van der Waals surface area contributed by atoms with Gasteiger partial charge in [-0.15, -0.1) is 0 Å². The molecule has 2 N–H and O–H groups in total. The van der Waals surface area contributed by atoms with Crippen molar-refractivity contribution < 1.29 is 9.18 Å². The number of nitrogens with zero attached hydrogens (tertiary/aromatic N) is 1. The van der Waals surface area contributed by atoms with Crippen LogP contribution in [-0.2, 0) is 11.3 Å². The minimum atomic E-state index is -0.254. The van der Waals surface area contributed by atoms with Gasteiger partial charge in [0.05, 0.1) is 6.54 Å². The second-order valence-corrected chi connectivity index (χ2v) is 5.16. The number of hydrogen-bond donors (Lipinski definition) is 2. The van der Waals surface area contributed by atoms with E-state index in [2.05, 4.69) is 17.6 Å². The van der Waals surface area contributed by atoms with Crippen molar-refractivity contribution in [2.24, 2.45) is 0 Å². The number of carbonyl (C=O) groups is 1. The maximum absolute atomic E-state index is 13.4. The zero-order chi connectivity index (χ0) is 15.7. The van der Waals surface area contributed by atoms with E-state index >= 15 is 0 Å². The maximum Gasteiger partial charge on any atom is 0.239 e. The summed E-state index contributed by atoms with van der Waals surface area (Å²) in [5.41, 5.74) is 1.75. The topological polar surface area (TPSA) is 44.4 Å². The van der Waals surface area contributed by atoms with Gasteiger partial charge >= 0.3 is 0 Å². The third kappa shape index (κ3) is 6.12. The van der Waals surface area contributed by atoms with E-state index in [4.69, 9.17) is 0 Å². The number of carbonyl (C=O) groups excluding carboxylic acids is 1. The molecule has 0 saturated heterocycles. The van der Waals surface area contributed by atoms with Gasteiger partial charge in [0.15, 0.2) is 0 Å². The first-order valence-electron chi connectivity index (χ1n) is 7.55. The zero-order valence-electron chi connectivity index (χ0n) is 13.2. The molecule has 0 fully saturated rings. The molecule has 0 aliphatic carbocycles. The van der Waals surface area contributed by atoms with Crippen LogP contribution in [0.25, 0.3) is 0 Å². The second-order valence-electron chi connectivity index (χ2n) is 5.16. The Morgan fingerprint density at radius 3 is 2.62 bits per heavy atom. The molecular formula is C16H26FN3O. The minimum Gasteiger partial charge on any atom is -0.365 e. The number of benzene rings is 1. The van der Waals surface area contributed by atoms with E-state index < -0.39 is 0 Å². The Morgan fingerprint density at radius 1 is 1.24 bits per heavy atom. The molecule has 0 radical (unpaired) electrons. The standard InChI is InChI=1S/C16H26FN3O/c1-4-8-18-11-13-10-14(17)6-7-15(13)20(3)12-16(21)19-9-5-2/h6-7,10,18H,4-5,8-9,11-12H2,1-3H3,(H,19,21). The minimum absolute atomic E-state index is 0.0175. The van der Waals surface area contributed by atoms with Crippen molar-refractivity contribution in [2.45, 2.75) is 33.2 Å². The van der Waals surface area contributed by atoms with Crippen molar-refractivity contribution in [3.05, 3.63) is 29.6 Å². The summed E-state index contributed by atoms with van der Waals surface area (Å²) in [5.74, 6) is -0.271. The maximum atomic E-state index is 13.4. The molecule has 4 nitrogen and oxygen atoms in total. The van der Waals surface area contributed by atoms with Gasteiger partial charge in [0.2, 0.25) is 5.91 Å². The Labute approximate surface area is 126 Å². The van der Waals surface area contributed by atoms with E-state index in [1.807, 2.05) is 18.9 Å². The lowest BCUT2D eigenvalue weighted by molar-refractivity contribution is -0.119. The van der Waals surface area contributed by atoms with Crippen molar-refractivity contribution in [1.29, 1.82) is 0 Å². The van der Waals surface area contributed by atoms with Crippen LogP contribution in [0.3, 0.4) is 0 Å². The number of anilines is 1. The molecule has 0 atom stereocenters. The summed E-state index contributed by atoms with van der Waals surface area (Å²) in [7, 11) is 1.85. The third-order valence-electron chi connectivity index (χ3n) is 3.15. The van der Waals surface area contributed by atoms with Gasteiger partial charge < -0.3 is 15.5 Å². The Kier molecular flexibility index (Phi) is 7.75. The molecule has 0 aliphatic rings. The molecule has 0 spiro atoms. The van der Waals surface area contributed by atoms with Crippen LogP contribution in [-0.4, -0.2) is 32.6 Å². The van der Waals surface area contributed by atoms with Gasteiger partial charge in [-0.2, -0.15) is 0 Å². The molecule has 1 aromatic rings. The van der Waals surface area contributed by atoms with Crippen molar-refractivity contribution >= 4 is 11.6 Å². The lowest BCUT2D eigenvalue weighted by Crippen LogP contribution is -2.36. The molecule has 21 heavy (non-hydrogen) atoms. The Bertz CT molecular complexity index is 451. The highest BCUT2D eigenvalue weighted by atomic mass is 19.1.